The van der Waals surface area contributed by atoms with Gasteiger partial charge in [-0.2, -0.15) is 0 Å². The van der Waals surface area contributed by atoms with E-state index >= 15 is 0 Å². The second-order valence-corrected chi connectivity index (χ2v) is 9.16. The van der Waals surface area contributed by atoms with Crippen LogP contribution in [0.25, 0.3) is 0 Å². The highest BCUT2D eigenvalue weighted by atomic mass is 35.7. The van der Waals surface area contributed by atoms with Gasteiger partial charge in [-0.3, -0.25) is 0 Å². The lowest BCUT2D eigenvalue weighted by atomic mass is 10.2. The van der Waals surface area contributed by atoms with Gasteiger partial charge in [0.1, 0.15) is 0 Å². The van der Waals surface area contributed by atoms with E-state index in [9.17, 15) is 8.42 Å². The van der Waals surface area contributed by atoms with Crippen molar-refractivity contribution in [1.82, 2.24) is 0 Å². The molecule has 0 radical (unpaired) electrons. The van der Waals surface area contributed by atoms with Crippen LogP contribution in [0.4, 0.5) is 0 Å². The SMILES string of the molecule is CCCOc1c(OCCC)c(OCCC)c(S(=O)(=O)Cl)c(OCCC)c1OCCC. The van der Waals surface area contributed by atoms with Crippen molar-refractivity contribution in [3.8, 4) is 28.7 Å². The first-order chi connectivity index (χ1) is 14.4. The second-order valence-electron chi connectivity index (χ2n) is 6.65. The van der Waals surface area contributed by atoms with Crippen molar-refractivity contribution >= 4 is 19.7 Å². The third-order valence-corrected chi connectivity index (χ3v) is 5.06. The predicted octanol–water partition coefficient (Wildman–Crippen LogP) is 5.56. The van der Waals surface area contributed by atoms with E-state index < -0.39 is 9.05 Å². The Morgan fingerprint density at radius 1 is 0.533 bits per heavy atom. The summed E-state index contributed by atoms with van der Waals surface area (Å²) >= 11 is 0. The third kappa shape index (κ3) is 7.30. The highest BCUT2D eigenvalue weighted by molar-refractivity contribution is 8.14. The first-order valence-electron chi connectivity index (χ1n) is 10.7. The minimum atomic E-state index is -4.25. The summed E-state index contributed by atoms with van der Waals surface area (Å²) in [5.41, 5.74) is 0. The quantitative estimate of drug-likeness (QED) is 0.295. The van der Waals surface area contributed by atoms with Gasteiger partial charge in [0.05, 0.1) is 33.0 Å². The summed E-state index contributed by atoms with van der Waals surface area (Å²) < 4.78 is 54.7. The summed E-state index contributed by atoms with van der Waals surface area (Å²) in [6.07, 6.45) is 3.50. The fourth-order valence-corrected chi connectivity index (χ4v) is 3.68. The first-order valence-corrected chi connectivity index (χ1v) is 13.0. The highest BCUT2D eigenvalue weighted by Crippen LogP contribution is 2.56. The highest BCUT2D eigenvalue weighted by Gasteiger charge is 2.36. The number of rotatable bonds is 16. The van der Waals surface area contributed by atoms with Crippen molar-refractivity contribution < 1.29 is 32.1 Å². The van der Waals surface area contributed by atoms with Crippen LogP contribution in [0.3, 0.4) is 0 Å². The van der Waals surface area contributed by atoms with Crippen molar-refractivity contribution in [3.63, 3.8) is 0 Å². The van der Waals surface area contributed by atoms with Crippen LogP contribution in [-0.2, 0) is 9.05 Å². The van der Waals surface area contributed by atoms with Gasteiger partial charge in [0.15, 0.2) is 16.4 Å². The lowest BCUT2D eigenvalue weighted by molar-refractivity contribution is 0.208. The molecule has 0 atom stereocenters. The summed E-state index contributed by atoms with van der Waals surface area (Å²) in [4.78, 5) is -0.285. The average Bonchev–Trinajstić information content (AvgIpc) is 2.71. The van der Waals surface area contributed by atoms with Crippen molar-refractivity contribution in [1.29, 1.82) is 0 Å². The van der Waals surface area contributed by atoms with E-state index in [0.29, 0.717) is 45.5 Å². The number of ether oxygens (including phenoxy) is 5. The Balaban J connectivity index is 3.95. The summed E-state index contributed by atoms with van der Waals surface area (Å²) in [5.74, 6) is 0.628. The molecule has 1 aromatic rings. The molecule has 0 saturated heterocycles. The Kier molecular flexibility index (Phi) is 12.1. The van der Waals surface area contributed by atoms with Crippen LogP contribution in [-0.4, -0.2) is 41.5 Å². The van der Waals surface area contributed by atoms with Crippen LogP contribution in [0, 0.1) is 0 Å². The maximum Gasteiger partial charge on any atom is 0.269 e. The van der Waals surface area contributed by atoms with E-state index in [-0.39, 0.29) is 46.9 Å². The number of hydrogen-bond donors (Lipinski definition) is 0. The maximum absolute atomic E-state index is 12.6. The molecule has 7 nitrogen and oxygen atoms in total. The van der Waals surface area contributed by atoms with E-state index in [2.05, 4.69) is 0 Å². The fraction of sp³-hybridized carbons (Fsp3) is 0.714. The number of halogens is 1. The molecule has 0 N–H and O–H groups in total. The van der Waals surface area contributed by atoms with E-state index in [4.69, 9.17) is 34.4 Å². The standard InChI is InChI=1S/C21H35ClO7S/c1-6-11-25-16-17(26-12-7-2)19(28-14-9-4)21(30(22,23)24)20(29-15-10-5)18(16)27-13-8-3/h6-15H2,1-5H3. The fourth-order valence-electron chi connectivity index (χ4n) is 2.52. The lowest BCUT2D eigenvalue weighted by Crippen LogP contribution is -2.13. The van der Waals surface area contributed by atoms with Crippen molar-refractivity contribution in [2.24, 2.45) is 0 Å². The number of benzene rings is 1. The smallest absolute Gasteiger partial charge is 0.269 e. The second kappa shape index (κ2) is 13.7. The maximum atomic E-state index is 12.6. The first kappa shape index (κ1) is 26.5. The van der Waals surface area contributed by atoms with E-state index in [0.717, 1.165) is 6.42 Å². The van der Waals surface area contributed by atoms with Gasteiger partial charge in [-0.05, 0) is 32.1 Å². The molecule has 0 spiro atoms. The van der Waals surface area contributed by atoms with Gasteiger partial charge in [-0.25, -0.2) is 8.42 Å². The average molecular weight is 467 g/mol. The molecule has 1 rings (SSSR count). The van der Waals surface area contributed by atoms with Gasteiger partial charge >= 0.3 is 0 Å². The third-order valence-electron chi connectivity index (χ3n) is 3.73. The zero-order chi connectivity index (χ0) is 22.6. The van der Waals surface area contributed by atoms with Gasteiger partial charge in [0, 0.05) is 10.7 Å². The molecule has 0 aromatic heterocycles. The minimum absolute atomic E-state index is 0.00125. The zero-order valence-electron chi connectivity index (χ0n) is 18.7. The van der Waals surface area contributed by atoms with Crippen molar-refractivity contribution in [3.05, 3.63) is 0 Å². The summed E-state index contributed by atoms with van der Waals surface area (Å²) in [6.45, 7) is 11.3. The zero-order valence-corrected chi connectivity index (χ0v) is 20.3. The van der Waals surface area contributed by atoms with Gasteiger partial charge in [-0.1, -0.05) is 34.6 Å². The molecule has 0 amide bonds. The van der Waals surface area contributed by atoms with Crippen LogP contribution in [0.1, 0.15) is 66.7 Å². The molecule has 0 fully saturated rings. The Labute approximate surface area is 185 Å². The molecule has 0 aliphatic rings. The Hall–Kier alpha value is -1.54. The van der Waals surface area contributed by atoms with E-state index in [1.54, 1.807) is 0 Å². The molecule has 0 unspecified atom stereocenters. The molecule has 30 heavy (non-hydrogen) atoms. The molecule has 0 bridgehead atoms. The number of hydrogen-bond acceptors (Lipinski definition) is 7. The van der Waals surface area contributed by atoms with Crippen molar-refractivity contribution in [2.75, 3.05) is 33.0 Å². The molecule has 0 aliphatic carbocycles. The molecule has 174 valence electrons. The van der Waals surface area contributed by atoms with E-state index in [1.165, 1.54) is 0 Å². The predicted molar refractivity (Wildman–Crippen MR) is 118 cm³/mol. The molecule has 0 aliphatic heterocycles. The van der Waals surface area contributed by atoms with Crippen LogP contribution in [0.15, 0.2) is 4.90 Å². The van der Waals surface area contributed by atoms with Crippen LogP contribution in [0.5, 0.6) is 28.7 Å². The Morgan fingerprint density at radius 2 is 0.767 bits per heavy atom. The van der Waals surface area contributed by atoms with Crippen LogP contribution < -0.4 is 23.7 Å². The molecule has 0 saturated carbocycles. The summed E-state index contributed by atoms with van der Waals surface area (Å²) in [5, 5.41) is 0. The van der Waals surface area contributed by atoms with Gasteiger partial charge in [-0.15, -0.1) is 0 Å². The Bertz CT molecular complexity index is 709. The van der Waals surface area contributed by atoms with Crippen molar-refractivity contribution in [2.45, 2.75) is 71.6 Å². The van der Waals surface area contributed by atoms with Gasteiger partial charge in [0.2, 0.25) is 17.2 Å². The van der Waals surface area contributed by atoms with Gasteiger partial charge in [0.25, 0.3) is 9.05 Å². The summed E-state index contributed by atoms with van der Waals surface area (Å²) in [7, 11) is 1.61. The molecular formula is C21H35ClO7S. The largest absolute Gasteiger partial charge is 0.488 e. The normalized spacial score (nSPS) is 11.3. The molecule has 1 aromatic carbocycles. The lowest BCUT2D eigenvalue weighted by Gasteiger charge is -2.24. The van der Waals surface area contributed by atoms with Crippen LogP contribution in [0.2, 0.25) is 0 Å². The molecule has 9 heteroatoms. The molecular weight excluding hydrogens is 432 g/mol. The topological polar surface area (TPSA) is 80.3 Å². The molecule has 0 heterocycles. The van der Waals surface area contributed by atoms with E-state index in [1.807, 2.05) is 34.6 Å². The summed E-state index contributed by atoms with van der Waals surface area (Å²) in [6, 6.07) is 0. The minimum Gasteiger partial charge on any atom is -0.488 e. The Morgan fingerprint density at radius 3 is 1.00 bits per heavy atom. The monoisotopic (exact) mass is 466 g/mol. The van der Waals surface area contributed by atoms with Gasteiger partial charge < -0.3 is 23.7 Å². The van der Waals surface area contributed by atoms with Crippen LogP contribution >= 0.6 is 10.7 Å².